The predicted octanol–water partition coefficient (Wildman–Crippen LogP) is 0.500. The van der Waals surface area contributed by atoms with Crippen molar-refractivity contribution in [3.05, 3.63) is 39.9 Å². The van der Waals surface area contributed by atoms with Crippen molar-refractivity contribution in [2.45, 2.75) is 0 Å². The van der Waals surface area contributed by atoms with E-state index >= 15 is 0 Å². The molecule has 1 aromatic carbocycles. The molecular weight excluding hydrogens is 253 g/mol. The summed E-state index contributed by atoms with van der Waals surface area (Å²) in [7, 11) is 0. The molecule has 7 nitrogen and oxygen atoms in total. The van der Waals surface area contributed by atoms with E-state index in [4.69, 9.17) is 10.4 Å². The maximum Gasteiger partial charge on any atom is 0.269 e. The molecule has 1 rings (SSSR count). The van der Waals surface area contributed by atoms with E-state index in [-0.39, 0.29) is 11.3 Å². The van der Waals surface area contributed by atoms with Gasteiger partial charge in [-0.15, -0.1) is 0 Å². The van der Waals surface area contributed by atoms with E-state index < -0.39 is 17.4 Å². The summed E-state index contributed by atoms with van der Waals surface area (Å²) in [4.78, 5) is 30.2. The van der Waals surface area contributed by atoms with Crippen LogP contribution in [0.3, 0.4) is 0 Å². The van der Waals surface area contributed by atoms with Crippen LogP contribution in [0.15, 0.2) is 24.3 Å². The summed E-state index contributed by atoms with van der Waals surface area (Å²) in [6, 6.07) is 4.84. The second kappa shape index (κ2) is 4.67. The van der Waals surface area contributed by atoms with Crippen LogP contribution < -0.4 is 10.6 Å². The van der Waals surface area contributed by atoms with Gasteiger partial charge in [-0.25, -0.2) is 0 Å². The summed E-state index contributed by atoms with van der Waals surface area (Å²) in [6.45, 7) is -3.32. The number of amides is 1. The minimum atomic E-state index is -3.32. The van der Waals surface area contributed by atoms with Gasteiger partial charge in [0, 0.05) is 17.7 Å². The number of nitro benzene ring substituents is 1. The van der Waals surface area contributed by atoms with Crippen LogP contribution in [0.5, 0.6) is 0 Å². The van der Waals surface area contributed by atoms with Gasteiger partial charge >= 0.3 is 0 Å². The Balaban J connectivity index is 2.86. The van der Waals surface area contributed by atoms with Crippen molar-refractivity contribution in [3.8, 4) is 0 Å². The van der Waals surface area contributed by atoms with Crippen LogP contribution in [0.2, 0.25) is 0 Å². The van der Waals surface area contributed by atoms with Crippen LogP contribution in [-0.2, 0) is 11.8 Å². The summed E-state index contributed by atoms with van der Waals surface area (Å²) >= 11 is 4.43. The zero-order valence-corrected chi connectivity index (χ0v) is 9.57. The number of rotatable bonds is 3. The van der Waals surface area contributed by atoms with E-state index in [0.29, 0.717) is 0 Å². The molecule has 1 unspecified atom stereocenters. The van der Waals surface area contributed by atoms with Crippen molar-refractivity contribution in [3.63, 3.8) is 0 Å². The largest absolute Gasteiger partial charge is 0.339 e. The summed E-state index contributed by atoms with van der Waals surface area (Å²) in [5, 5.41) is 12.4. The van der Waals surface area contributed by atoms with Gasteiger partial charge in [0.2, 0.25) is 6.57 Å². The first-order chi connectivity index (χ1) is 7.29. The number of hydrogen-bond donors (Lipinski definition) is 3. The molecule has 0 bridgehead atoms. The van der Waals surface area contributed by atoms with Crippen molar-refractivity contribution < 1.29 is 14.6 Å². The standard InChI is InChI=1S/C7H8N3O4PS/c8-15(14,16)9-7(11)5-1-3-6(4-2-5)10(12)13/h1-4H,(H4,8,9,11,14,16). The molecule has 0 saturated carbocycles. The van der Waals surface area contributed by atoms with Gasteiger partial charge in [-0.2, -0.15) is 0 Å². The van der Waals surface area contributed by atoms with Crippen molar-refractivity contribution in [2.24, 2.45) is 5.50 Å². The first-order valence-electron chi connectivity index (χ1n) is 3.98. The quantitative estimate of drug-likeness (QED) is 0.414. The Hall–Kier alpha value is -1.34. The highest BCUT2D eigenvalue weighted by atomic mass is 32.4. The van der Waals surface area contributed by atoms with E-state index in [1.54, 1.807) is 0 Å². The van der Waals surface area contributed by atoms with Crippen LogP contribution in [-0.4, -0.2) is 15.7 Å². The molecule has 0 aliphatic heterocycles. The Morgan fingerprint density at radius 1 is 1.50 bits per heavy atom. The molecule has 0 fully saturated rings. The van der Waals surface area contributed by atoms with Crippen molar-refractivity contribution in [2.75, 3.05) is 0 Å². The Kier molecular flexibility index (Phi) is 3.71. The Morgan fingerprint density at radius 2 is 2.00 bits per heavy atom. The van der Waals surface area contributed by atoms with Gasteiger partial charge in [-0.05, 0) is 23.9 Å². The average molecular weight is 261 g/mol. The minimum Gasteiger partial charge on any atom is -0.339 e. The Morgan fingerprint density at radius 3 is 2.38 bits per heavy atom. The third-order valence-electron chi connectivity index (χ3n) is 1.60. The van der Waals surface area contributed by atoms with Crippen LogP contribution in [0.4, 0.5) is 5.69 Å². The van der Waals surface area contributed by atoms with Gasteiger partial charge in [-0.3, -0.25) is 25.5 Å². The van der Waals surface area contributed by atoms with Crippen LogP contribution in [0, 0.1) is 10.1 Å². The number of nitrogens with zero attached hydrogens (tertiary/aromatic N) is 1. The summed E-state index contributed by atoms with van der Waals surface area (Å²) in [5.74, 6) is -0.664. The molecule has 9 heteroatoms. The molecule has 0 spiro atoms. The molecule has 4 N–H and O–H groups in total. The van der Waals surface area contributed by atoms with Gasteiger partial charge < -0.3 is 4.89 Å². The zero-order chi connectivity index (χ0) is 12.3. The molecular formula is C7H8N3O4PS. The maximum atomic E-state index is 11.4. The Labute approximate surface area is 95.6 Å². The molecule has 0 heterocycles. The molecule has 1 amide bonds. The number of non-ortho nitro benzene ring substituents is 1. The normalized spacial score (nSPS) is 13.9. The molecule has 0 radical (unpaired) electrons. The number of benzene rings is 1. The fourth-order valence-electron chi connectivity index (χ4n) is 0.945. The molecule has 0 aliphatic rings. The second-order valence-electron chi connectivity index (χ2n) is 2.87. The third kappa shape index (κ3) is 3.67. The fourth-order valence-corrected chi connectivity index (χ4v) is 1.61. The highest BCUT2D eigenvalue weighted by molar-refractivity contribution is 8.10. The average Bonchev–Trinajstić information content (AvgIpc) is 2.15. The molecule has 0 aromatic heterocycles. The summed E-state index contributed by atoms with van der Waals surface area (Å²) in [6.07, 6.45) is 0. The van der Waals surface area contributed by atoms with Gasteiger partial charge in [0.1, 0.15) is 0 Å². The zero-order valence-electron chi connectivity index (χ0n) is 7.86. The lowest BCUT2D eigenvalue weighted by atomic mass is 10.2. The van der Waals surface area contributed by atoms with Crippen molar-refractivity contribution >= 4 is 30.0 Å². The van der Waals surface area contributed by atoms with Crippen LogP contribution in [0.1, 0.15) is 10.4 Å². The summed E-state index contributed by atoms with van der Waals surface area (Å²) in [5.41, 5.74) is 5.10. The van der Waals surface area contributed by atoms with Gasteiger partial charge in [0.15, 0.2) is 0 Å². The van der Waals surface area contributed by atoms with Gasteiger partial charge in [0.25, 0.3) is 11.6 Å². The number of carbonyl (C=O) groups is 1. The monoisotopic (exact) mass is 261 g/mol. The van der Waals surface area contributed by atoms with Crippen LogP contribution >= 0.6 is 6.57 Å². The van der Waals surface area contributed by atoms with E-state index in [0.717, 1.165) is 0 Å². The number of nitrogens with one attached hydrogen (secondary N) is 1. The molecule has 1 atom stereocenters. The third-order valence-corrected chi connectivity index (χ3v) is 2.40. The number of carbonyl (C=O) groups excluding carboxylic acids is 1. The molecule has 0 aliphatic carbocycles. The lowest BCUT2D eigenvalue weighted by Gasteiger charge is -2.10. The molecule has 86 valence electrons. The number of nitro groups is 1. The minimum absolute atomic E-state index is 0.132. The van der Waals surface area contributed by atoms with E-state index in [1.165, 1.54) is 24.3 Å². The highest BCUT2D eigenvalue weighted by Crippen LogP contribution is 2.24. The van der Waals surface area contributed by atoms with Gasteiger partial charge in [0.05, 0.1) is 4.92 Å². The number of nitrogens with two attached hydrogens (primary N) is 1. The first kappa shape index (κ1) is 12.7. The smallest absolute Gasteiger partial charge is 0.269 e. The summed E-state index contributed by atoms with van der Waals surface area (Å²) < 4.78 is 0. The topological polar surface area (TPSA) is 118 Å². The Bertz CT molecular complexity index is 469. The van der Waals surface area contributed by atoms with Gasteiger partial charge in [-0.1, -0.05) is 0 Å². The predicted molar refractivity (Wildman–Crippen MR) is 61.3 cm³/mol. The van der Waals surface area contributed by atoms with Crippen molar-refractivity contribution in [1.29, 1.82) is 0 Å². The SMILES string of the molecule is NP(O)(=S)NC(=O)c1ccc([N+](=O)[O-])cc1. The first-order valence-corrected chi connectivity index (χ1v) is 6.80. The lowest BCUT2D eigenvalue weighted by Crippen LogP contribution is -2.23. The molecule has 16 heavy (non-hydrogen) atoms. The fraction of sp³-hybridized carbons (Fsp3) is 0. The second-order valence-corrected chi connectivity index (χ2v) is 6.01. The van der Waals surface area contributed by atoms with E-state index in [9.17, 15) is 14.9 Å². The van der Waals surface area contributed by atoms with Crippen LogP contribution in [0.25, 0.3) is 0 Å². The van der Waals surface area contributed by atoms with E-state index in [1.807, 2.05) is 5.09 Å². The number of hydrogen-bond acceptors (Lipinski definition) is 4. The van der Waals surface area contributed by atoms with Crippen molar-refractivity contribution in [1.82, 2.24) is 5.09 Å². The highest BCUT2D eigenvalue weighted by Gasteiger charge is 2.13. The lowest BCUT2D eigenvalue weighted by molar-refractivity contribution is -0.384. The van der Waals surface area contributed by atoms with E-state index in [2.05, 4.69) is 11.8 Å². The maximum absolute atomic E-state index is 11.4. The molecule has 0 saturated heterocycles. The molecule has 1 aromatic rings.